The molecule has 6 rings (SSSR count). The standard InChI is InChI=1S/C28H26F3N7/c29-21-12-17(5-6-18(21)15-32)27-35-25-24(37-11-3-4-19(33)16-37)7-8-34-28(25)38(27)26-22(30)13-20(14-23(26)31)36-9-1-2-10-36/h5-8,12-14,19H,1-4,9-11,16,33H2. The second kappa shape index (κ2) is 9.65. The SMILES string of the molecule is N#Cc1ccc(-c2nc3c(N4CCCC(N)C4)ccnc3n2-c2c(F)cc(N3CCCC3)cc2F)cc1F. The molecule has 194 valence electrons. The third-order valence-corrected chi connectivity index (χ3v) is 7.37. The summed E-state index contributed by atoms with van der Waals surface area (Å²) in [6.45, 7) is 2.85. The molecule has 1 unspecified atom stereocenters. The summed E-state index contributed by atoms with van der Waals surface area (Å²) >= 11 is 0. The first-order chi connectivity index (χ1) is 18.4. The molecule has 2 aromatic carbocycles. The summed E-state index contributed by atoms with van der Waals surface area (Å²) in [6.07, 6.45) is 5.33. The van der Waals surface area contributed by atoms with Crippen molar-refractivity contribution in [3.8, 4) is 23.1 Å². The molecule has 4 aromatic rings. The van der Waals surface area contributed by atoms with Gasteiger partial charge in [0.25, 0.3) is 0 Å². The maximum absolute atomic E-state index is 15.8. The molecule has 0 spiro atoms. The predicted molar refractivity (Wildman–Crippen MR) is 140 cm³/mol. The highest BCUT2D eigenvalue weighted by Gasteiger charge is 2.27. The number of anilines is 2. The normalized spacial score (nSPS) is 17.8. The Labute approximate surface area is 217 Å². The van der Waals surface area contributed by atoms with Crippen LogP contribution in [0.25, 0.3) is 28.2 Å². The number of fused-ring (bicyclic) bond motifs is 1. The van der Waals surface area contributed by atoms with Gasteiger partial charge in [0.15, 0.2) is 17.3 Å². The fourth-order valence-corrected chi connectivity index (χ4v) is 5.52. The van der Waals surface area contributed by atoms with E-state index in [4.69, 9.17) is 10.7 Å². The van der Waals surface area contributed by atoms with E-state index in [2.05, 4.69) is 9.88 Å². The second-order valence-corrected chi connectivity index (χ2v) is 9.88. The van der Waals surface area contributed by atoms with Gasteiger partial charge in [-0.2, -0.15) is 5.26 Å². The van der Waals surface area contributed by atoms with Crippen LogP contribution in [0.15, 0.2) is 42.6 Å². The topological polar surface area (TPSA) is 87.0 Å². The average molecular weight is 518 g/mol. The Balaban J connectivity index is 1.59. The molecule has 2 aromatic heterocycles. The van der Waals surface area contributed by atoms with Crippen LogP contribution in [0.5, 0.6) is 0 Å². The zero-order valence-corrected chi connectivity index (χ0v) is 20.7. The van der Waals surface area contributed by atoms with Crippen molar-refractivity contribution in [3.63, 3.8) is 0 Å². The number of nitrogens with zero attached hydrogens (tertiary/aromatic N) is 6. The van der Waals surface area contributed by atoms with Crippen molar-refractivity contribution in [1.29, 1.82) is 5.26 Å². The molecule has 0 saturated carbocycles. The van der Waals surface area contributed by atoms with Crippen molar-refractivity contribution < 1.29 is 13.2 Å². The van der Waals surface area contributed by atoms with E-state index in [1.807, 2.05) is 11.0 Å². The maximum Gasteiger partial charge on any atom is 0.167 e. The quantitative estimate of drug-likeness (QED) is 0.414. The van der Waals surface area contributed by atoms with Gasteiger partial charge in [-0.1, -0.05) is 0 Å². The van der Waals surface area contributed by atoms with Crippen LogP contribution in [-0.2, 0) is 0 Å². The highest BCUT2D eigenvalue weighted by molar-refractivity contribution is 5.91. The van der Waals surface area contributed by atoms with E-state index in [-0.39, 0.29) is 34.3 Å². The number of halogens is 3. The Morgan fingerprint density at radius 3 is 2.34 bits per heavy atom. The van der Waals surface area contributed by atoms with Crippen molar-refractivity contribution in [2.75, 3.05) is 36.0 Å². The van der Waals surface area contributed by atoms with Gasteiger partial charge in [-0.15, -0.1) is 0 Å². The fourth-order valence-electron chi connectivity index (χ4n) is 5.52. The zero-order chi connectivity index (χ0) is 26.4. The Hall–Kier alpha value is -4.10. The molecular formula is C28H26F3N7. The van der Waals surface area contributed by atoms with Crippen LogP contribution in [0.4, 0.5) is 24.5 Å². The Kier molecular flexibility index (Phi) is 6.16. The van der Waals surface area contributed by atoms with Gasteiger partial charge >= 0.3 is 0 Å². The molecular weight excluding hydrogens is 491 g/mol. The highest BCUT2D eigenvalue weighted by Crippen LogP contribution is 2.36. The summed E-state index contributed by atoms with van der Waals surface area (Å²) < 4.78 is 47.5. The number of nitriles is 1. The van der Waals surface area contributed by atoms with Crippen LogP contribution in [0.1, 0.15) is 31.2 Å². The van der Waals surface area contributed by atoms with Crippen molar-refractivity contribution in [2.45, 2.75) is 31.7 Å². The number of piperidine rings is 1. The van der Waals surface area contributed by atoms with Crippen molar-refractivity contribution in [2.24, 2.45) is 5.73 Å². The molecule has 0 bridgehead atoms. The molecule has 2 fully saturated rings. The Morgan fingerprint density at radius 2 is 1.66 bits per heavy atom. The number of nitrogens with two attached hydrogens (primary N) is 1. The van der Waals surface area contributed by atoms with Crippen LogP contribution in [0, 0.1) is 28.8 Å². The first-order valence-electron chi connectivity index (χ1n) is 12.8. The van der Waals surface area contributed by atoms with Crippen molar-refractivity contribution in [1.82, 2.24) is 14.5 Å². The molecule has 4 heterocycles. The minimum atomic E-state index is -0.770. The monoisotopic (exact) mass is 517 g/mol. The lowest BCUT2D eigenvalue weighted by Crippen LogP contribution is -2.42. The predicted octanol–water partition coefficient (Wildman–Crippen LogP) is 4.90. The molecule has 2 saturated heterocycles. The highest BCUT2D eigenvalue weighted by atomic mass is 19.1. The Bertz CT molecular complexity index is 1550. The molecule has 2 aliphatic rings. The van der Waals surface area contributed by atoms with Gasteiger partial charge in [0.2, 0.25) is 0 Å². The van der Waals surface area contributed by atoms with Crippen LogP contribution >= 0.6 is 0 Å². The fraction of sp³-hybridized carbons (Fsp3) is 0.321. The third-order valence-electron chi connectivity index (χ3n) is 7.37. The van der Waals surface area contributed by atoms with E-state index in [9.17, 15) is 9.65 Å². The first kappa shape index (κ1) is 24.2. The maximum atomic E-state index is 15.8. The van der Waals surface area contributed by atoms with Gasteiger partial charge in [0, 0.05) is 49.7 Å². The molecule has 0 amide bonds. The number of hydrogen-bond donors (Lipinski definition) is 1. The molecule has 7 nitrogen and oxygen atoms in total. The van der Waals surface area contributed by atoms with Gasteiger partial charge in [-0.05, 0) is 62.1 Å². The second-order valence-electron chi connectivity index (χ2n) is 9.88. The summed E-state index contributed by atoms with van der Waals surface area (Å²) in [4.78, 5) is 13.3. The molecule has 2 aliphatic heterocycles. The van der Waals surface area contributed by atoms with Gasteiger partial charge in [-0.3, -0.25) is 4.57 Å². The molecule has 1 atom stereocenters. The summed E-state index contributed by atoms with van der Waals surface area (Å²) in [5.41, 5.74) is 7.92. The smallest absolute Gasteiger partial charge is 0.167 e. The first-order valence-corrected chi connectivity index (χ1v) is 12.8. The number of imidazole rings is 1. The van der Waals surface area contributed by atoms with E-state index in [1.54, 1.807) is 12.3 Å². The van der Waals surface area contributed by atoms with Gasteiger partial charge in [0.1, 0.15) is 28.9 Å². The van der Waals surface area contributed by atoms with Gasteiger partial charge < -0.3 is 15.5 Å². The van der Waals surface area contributed by atoms with Crippen LogP contribution in [0.2, 0.25) is 0 Å². The van der Waals surface area contributed by atoms with Gasteiger partial charge in [-0.25, -0.2) is 23.1 Å². The molecule has 0 radical (unpaired) electrons. The number of pyridine rings is 1. The average Bonchev–Trinajstić information content (AvgIpc) is 3.57. The van der Waals surface area contributed by atoms with Crippen LogP contribution in [0.3, 0.4) is 0 Å². The summed E-state index contributed by atoms with van der Waals surface area (Å²) in [5, 5.41) is 9.18. The minimum Gasteiger partial charge on any atom is -0.371 e. The largest absolute Gasteiger partial charge is 0.371 e. The van der Waals surface area contributed by atoms with E-state index < -0.39 is 17.5 Å². The van der Waals surface area contributed by atoms with E-state index in [0.29, 0.717) is 17.7 Å². The summed E-state index contributed by atoms with van der Waals surface area (Å²) in [6, 6.07) is 10.3. The van der Waals surface area contributed by atoms with Crippen LogP contribution < -0.4 is 15.5 Å². The molecule has 2 N–H and O–H groups in total. The minimum absolute atomic E-state index is 0.00540. The third kappa shape index (κ3) is 4.13. The molecule has 0 aliphatic carbocycles. The zero-order valence-electron chi connectivity index (χ0n) is 20.7. The van der Waals surface area contributed by atoms with Crippen molar-refractivity contribution >= 4 is 22.5 Å². The summed E-state index contributed by atoms with van der Waals surface area (Å²) in [5.74, 6) is -2.16. The Morgan fingerprint density at radius 1 is 0.921 bits per heavy atom. The summed E-state index contributed by atoms with van der Waals surface area (Å²) in [7, 11) is 0. The lowest BCUT2D eigenvalue weighted by Gasteiger charge is -2.32. The number of aromatic nitrogens is 3. The number of rotatable bonds is 4. The van der Waals surface area contributed by atoms with Crippen molar-refractivity contribution in [3.05, 3.63) is 65.6 Å². The van der Waals surface area contributed by atoms with E-state index >= 15 is 8.78 Å². The van der Waals surface area contributed by atoms with E-state index in [0.717, 1.165) is 57.1 Å². The number of benzene rings is 2. The lowest BCUT2D eigenvalue weighted by atomic mass is 10.1. The number of hydrogen-bond acceptors (Lipinski definition) is 6. The van der Waals surface area contributed by atoms with Gasteiger partial charge in [0.05, 0.1) is 11.3 Å². The molecule has 38 heavy (non-hydrogen) atoms. The van der Waals surface area contributed by atoms with E-state index in [1.165, 1.54) is 28.8 Å². The lowest BCUT2D eigenvalue weighted by molar-refractivity contribution is 0.507. The van der Waals surface area contributed by atoms with Crippen LogP contribution in [-0.4, -0.2) is 46.8 Å². The molecule has 10 heteroatoms.